The highest BCUT2D eigenvalue weighted by Crippen LogP contribution is 2.44. The van der Waals surface area contributed by atoms with Crippen LogP contribution in [0.4, 0.5) is 5.13 Å². The van der Waals surface area contributed by atoms with E-state index in [0.717, 1.165) is 27.8 Å². The number of benzene rings is 3. The maximum Gasteiger partial charge on any atom is 0.301 e. The summed E-state index contributed by atoms with van der Waals surface area (Å²) in [7, 11) is 0. The third-order valence-electron chi connectivity index (χ3n) is 6.82. The van der Waals surface area contributed by atoms with Gasteiger partial charge in [0.05, 0.1) is 11.6 Å². The smallest absolute Gasteiger partial charge is 0.301 e. The Morgan fingerprint density at radius 1 is 1.00 bits per heavy atom. The molecule has 0 radical (unpaired) electrons. The number of amides is 1. The Labute approximate surface area is 236 Å². The minimum absolute atomic E-state index is 0.0553. The van der Waals surface area contributed by atoms with Crippen LogP contribution in [0.25, 0.3) is 5.76 Å². The van der Waals surface area contributed by atoms with Crippen LogP contribution in [0, 0.1) is 13.8 Å². The number of rotatable bonds is 7. The summed E-state index contributed by atoms with van der Waals surface area (Å²) in [6.45, 7) is 8.01. The highest BCUT2D eigenvalue weighted by Gasteiger charge is 2.48. The predicted octanol–water partition coefficient (Wildman–Crippen LogP) is 7.20. The Bertz CT molecular complexity index is 1560. The Hall–Kier alpha value is -3.75. The van der Waals surface area contributed by atoms with Gasteiger partial charge in [0.25, 0.3) is 5.78 Å². The van der Waals surface area contributed by atoms with E-state index in [1.54, 1.807) is 0 Å². The van der Waals surface area contributed by atoms with Crippen LogP contribution in [0.5, 0.6) is 0 Å². The number of hydrogen-bond donors (Lipinski definition) is 1. The van der Waals surface area contributed by atoms with E-state index in [0.29, 0.717) is 26.7 Å². The Morgan fingerprint density at radius 3 is 2.41 bits per heavy atom. The van der Waals surface area contributed by atoms with Crippen LogP contribution in [-0.4, -0.2) is 27.0 Å². The van der Waals surface area contributed by atoms with Gasteiger partial charge in [0.15, 0.2) is 4.34 Å². The minimum Gasteiger partial charge on any atom is -0.507 e. The largest absolute Gasteiger partial charge is 0.507 e. The molecule has 1 aliphatic rings. The van der Waals surface area contributed by atoms with Gasteiger partial charge in [0.1, 0.15) is 5.76 Å². The van der Waals surface area contributed by atoms with Crippen molar-refractivity contribution < 1.29 is 14.7 Å². The van der Waals surface area contributed by atoms with Crippen molar-refractivity contribution in [1.29, 1.82) is 0 Å². The summed E-state index contributed by atoms with van der Waals surface area (Å²) in [4.78, 5) is 28.4. The van der Waals surface area contributed by atoms with Gasteiger partial charge < -0.3 is 5.11 Å². The fourth-order valence-corrected chi connectivity index (χ4v) is 6.45. The first-order valence-corrected chi connectivity index (χ1v) is 14.5. The maximum atomic E-state index is 13.5. The molecule has 39 heavy (non-hydrogen) atoms. The number of thioether (sulfide) groups is 1. The number of nitrogens with zero attached hydrogens (tertiary/aromatic N) is 3. The molecule has 0 bridgehead atoms. The van der Waals surface area contributed by atoms with Crippen LogP contribution in [0.15, 0.2) is 82.7 Å². The second-order valence-corrected chi connectivity index (χ2v) is 12.1. The van der Waals surface area contributed by atoms with Gasteiger partial charge in [-0.3, -0.25) is 14.5 Å². The molecule has 6 nitrogen and oxygen atoms in total. The molecule has 1 saturated heterocycles. The normalized spacial score (nSPS) is 16.8. The van der Waals surface area contributed by atoms with Crippen molar-refractivity contribution in [3.63, 3.8) is 0 Å². The number of aromatic nitrogens is 2. The average molecular weight is 556 g/mol. The van der Waals surface area contributed by atoms with Crippen molar-refractivity contribution in [2.45, 2.75) is 49.7 Å². The molecular formula is C31H29N3O3S2. The van der Waals surface area contributed by atoms with E-state index in [9.17, 15) is 14.7 Å². The van der Waals surface area contributed by atoms with Crippen molar-refractivity contribution in [2.75, 3.05) is 4.90 Å². The molecule has 1 amide bonds. The van der Waals surface area contributed by atoms with E-state index in [1.807, 2.05) is 86.6 Å². The zero-order valence-electron chi connectivity index (χ0n) is 22.2. The molecule has 0 aliphatic carbocycles. The third-order valence-corrected chi connectivity index (χ3v) is 8.95. The number of aryl methyl sites for hydroxylation is 2. The van der Waals surface area contributed by atoms with Crippen molar-refractivity contribution in [2.24, 2.45) is 0 Å². The van der Waals surface area contributed by atoms with Gasteiger partial charge in [0.2, 0.25) is 5.13 Å². The van der Waals surface area contributed by atoms with Crippen LogP contribution in [-0.2, 0) is 15.3 Å². The van der Waals surface area contributed by atoms with Gasteiger partial charge in [0, 0.05) is 11.3 Å². The van der Waals surface area contributed by atoms with Gasteiger partial charge >= 0.3 is 5.91 Å². The molecular weight excluding hydrogens is 526 g/mol. The van der Waals surface area contributed by atoms with E-state index >= 15 is 0 Å². The molecule has 2 heterocycles. The molecule has 1 aliphatic heterocycles. The first-order chi connectivity index (χ1) is 18.7. The van der Waals surface area contributed by atoms with Crippen molar-refractivity contribution in [3.8, 4) is 0 Å². The number of carbonyl (C=O) groups excluding carboxylic acids is 2. The Balaban J connectivity index is 1.58. The molecule has 3 aromatic carbocycles. The van der Waals surface area contributed by atoms with Gasteiger partial charge in [-0.25, -0.2) is 0 Å². The molecule has 0 spiro atoms. The standard InChI is InChI=1S/C31H29N3O3S2/c1-18(2)22-12-14-23(15-13-22)26-25(27(35)24-16-19(3)10-11-20(24)4)28(36)29(37)34(26)30-32-33-31(39-30)38-17-21-8-6-5-7-9-21/h5-16,18,26,35H,17H2,1-4H3. The predicted molar refractivity (Wildman–Crippen MR) is 157 cm³/mol. The van der Waals surface area contributed by atoms with Crippen molar-refractivity contribution >= 4 is 45.7 Å². The number of hydrogen-bond acceptors (Lipinski definition) is 7. The van der Waals surface area contributed by atoms with E-state index in [2.05, 4.69) is 24.0 Å². The van der Waals surface area contributed by atoms with E-state index in [4.69, 9.17) is 0 Å². The second-order valence-electron chi connectivity index (χ2n) is 9.93. The minimum atomic E-state index is -0.828. The number of carbonyl (C=O) groups is 2. The van der Waals surface area contributed by atoms with E-state index < -0.39 is 17.7 Å². The second kappa shape index (κ2) is 11.2. The topological polar surface area (TPSA) is 83.4 Å². The number of aliphatic hydroxyl groups excluding tert-OH is 1. The number of aliphatic hydroxyl groups is 1. The van der Waals surface area contributed by atoms with Gasteiger partial charge in [-0.05, 0) is 48.1 Å². The van der Waals surface area contributed by atoms with Crippen LogP contribution in [0.1, 0.15) is 59.2 Å². The summed E-state index contributed by atoms with van der Waals surface area (Å²) in [5.41, 5.74) is 5.36. The van der Waals surface area contributed by atoms with Crippen LogP contribution >= 0.6 is 23.1 Å². The van der Waals surface area contributed by atoms with Gasteiger partial charge in [-0.15, -0.1) is 10.2 Å². The van der Waals surface area contributed by atoms with Crippen LogP contribution in [0.3, 0.4) is 0 Å². The Kier molecular flexibility index (Phi) is 7.68. The lowest BCUT2D eigenvalue weighted by atomic mass is 9.92. The lowest BCUT2D eigenvalue weighted by molar-refractivity contribution is -0.132. The van der Waals surface area contributed by atoms with E-state index in [-0.39, 0.29) is 11.3 Å². The van der Waals surface area contributed by atoms with Gasteiger partial charge in [-0.2, -0.15) is 0 Å². The summed E-state index contributed by atoms with van der Waals surface area (Å²) in [5, 5.41) is 20.4. The highest BCUT2D eigenvalue weighted by molar-refractivity contribution is 8.00. The van der Waals surface area contributed by atoms with Crippen LogP contribution in [0.2, 0.25) is 0 Å². The highest BCUT2D eigenvalue weighted by atomic mass is 32.2. The monoisotopic (exact) mass is 555 g/mol. The fourth-order valence-electron chi connectivity index (χ4n) is 4.62. The lowest BCUT2D eigenvalue weighted by Gasteiger charge is -2.23. The molecule has 5 rings (SSSR count). The third kappa shape index (κ3) is 5.40. The molecule has 4 aromatic rings. The molecule has 0 saturated carbocycles. The summed E-state index contributed by atoms with van der Waals surface area (Å²) in [6, 6.07) is 22.7. The fraction of sp³-hybridized carbons (Fsp3) is 0.226. The molecule has 1 unspecified atom stereocenters. The zero-order chi connectivity index (χ0) is 27.7. The molecule has 1 fully saturated rings. The first kappa shape index (κ1) is 26.8. The Morgan fingerprint density at radius 2 is 1.72 bits per heavy atom. The summed E-state index contributed by atoms with van der Waals surface area (Å²) < 4.78 is 0.694. The maximum absolute atomic E-state index is 13.5. The summed E-state index contributed by atoms with van der Waals surface area (Å²) >= 11 is 2.79. The number of ketones is 1. The SMILES string of the molecule is Cc1ccc(C)c(C(O)=C2C(=O)C(=O)N(c3nnc(SCc4ccccc4)s3)C2c2ccc(C(C)C)cc2)c1. The zero-order valence-corrected chi connectivity index (χ0v) is 23.8. The quantitative estimate of drug-likeness (QED) is 0.0854. The van der Waals surface area contributed by atoms with Crippen LogP contribution < -0.4 is 4.90 Å². The van der Waals surface area contributed by atoms with E-state index in [1.165, 1.54) is 28.0 Å². The van der Waals surface area contributed by atoms with Crippen molar-refractivity contribution in [3.05, 3.63) is 112 Å². The molecule has 198 valence electrons. The van der Waals surface area contributed by atoms with Gasteiger partial charge in [-0.1, -0.05) is 109 Å². The molecule has 1 aromatic heterocycles. The first-order valence-electron chi connectivity index (χ1n) is 12.7. The lowest BCUT2D eigenvalue weighted by Crippen LogP contribution is -2.29. The summed E-state index contributed by atoms with van der Waals surface area (Å²) in [6.07, 6.45) is 0. The molecule has 1 atom stereocenters. The average Bonchev–Trinajstić information content (AvgIpc) is 3.51. The molecule has 8 heteroatoms. The molecule has 1 N–H and O–H groups in total. The summed E-state index contributed by atoms with van der Waals surface area (Å²) in [5.74, 6) is -0.609. The number of Topliss-reactive ketones (excluding diaryl/α,β-unsaturated/α-hetero) is 1. The van der Waals surface area contributed by atoms with Crippen molar-refractivity contribution in [1.82, 2.24) is 10.2 Å². The number of anilines is 1.